The second-order valence-electron chi connectivity index (χ2n) is 3.15. The minimum atomic E-state index is 0.0669. The van der Waals surface area contributed by atoms with Crippen LogP contribution in [0.4, 0.5) is 5.82 Å². The smallest absolute Gasteiger partial charge is 0.150 e. The first-order valence-electron chi connectivity index (χ1n) is 4.43. The molecule has 1 atom stereocenters. The number of hydrogen-bond acceptors (Lipinski definition) is 3. The van der Waals surface area contributed by atoms with Gasteiger partial charge in [0.25, 0.3) is 0 Å². The van der Waals surface area contributed by atoms with Crippen molar-refractivity contribution in [2.75, 3.05) is 11.9 Å². The van der Waals surface area contributed by atoms with Crippen molar-refractivity contribution >= 4 is 40.6 Å². The average molecular weight is 270 g/mol. The Morgan fingerprint density at radius 3 is 2.67 bits per heavy atom. The molecule has 0 fully saturated rings. The van der Waals surface area contributed by atoms with Crippen molar-refractivity contribution < 1.29 is 5.11 Å². The molecule has 1 unspecified atom stereocenters. The third-order valence-electron chi connectivity index (χ3n) is 1.83. The maximum atomic E-state index is 8.74. The van der Waals surface area contributed by atoms with Crippen LogP contribution in [0.25, 0.3) is 0 Å². The highest BCUT2D eigenvalue weighted by molar-refractivity contribution is 6.42. The quantitative estimate of drug-likeness (QED) is 0.825. The van der Waals surface area contributed by atoms with Crippen molar-refractivity contribution in [2.45, 2.75) is 19.4 Å². The van der Waals surface area contributed by atoms with Crippen LogP contribution in [0.15, 0.2) is 6.07 Å². The van der Waals surface area contributed by atoms with Crippen molar-refractivity contribution in [1.82, 2.24) is 4.98 Å². The Labute approximate surface area is 103 Å². The van der Waals surface area contributed by atoms with Gasteiger partial charge in [-0.15, -0.1) is 0 Å². The number of pyridine rings is 1. The van der Waals surface area contributed by atoms with Crippen LogP contribution in [0.2, 0.25) is 15.2 Å². The second-order valence-corrected chi connectivity index (χ2v) is 4.32. The molecular formula is C9H11Cl3N2O. The maximum Gasteiger partial charge on any atom is 0.150 e. The molecule has 0 bridgehead atoms. The van der Waals surface area contributed by atoms with Crippen LogP contribution < -0.4 is 5.32 Å². The van der Waals surface area contributed by atoms with E-state index in [-0.39, 0.29) is 17.8 Å². The van der Waals surface area contributed by atoms with E-state index in [2.05, 4.69) is 10.3 Å². The van der Waals surface area contributed by atoms with Gasteiger partial charge in [0.2, 0.25) is 0 Å². The Balaban J connectivity index is 2.81. The molecule has 15 heavy (non-hydrogen) atoms. The van der Waals surface area contributed by atoms with E-state index in [0.717, 1.165) is 0 Å². The molecule has 1 aromatic rings. The van der Waals surface area contributed by atoms with Crippen molar-refractivity contribution in [3.63, 3.8) is 0 Å². The van der Waals surface area contributed by atoms with E-state index in [1.807, 2.05) is 6.92 Å². The van der Waals surface area contributed by atoms with Gasteiger partial charge in [-0.1, -0.05) is 34.8 Å². The van der Waals surface area contributed by atoms with Crippen molar-refractivity contribution in [3.8, 4) is 0 Å². The number of hydrogen-bond donors (Lipinski definition) is 2. The lowest BCUT2D eigenvalue weighted by Crippen LogP contribution is -2.17. The SMILES string of the molecule is CC(CCO)Nc1nc(Cl)c(Cl)cc1Cl. The van der Waals surface area contributed by atoms with Gasteiger partial charge in [-0.05, 0) is 19.4 Å². The molecule has 0 saturated carbocycles. The Bertz CT molecular complexity index is 346. The molecule has 0 saturated heterocycles. The highest BCUT2D eigenvalue weighted by Crippen LogP contribution is 2.29. The summed E-state index contributed by atoms with van der Waals surface area (Å²) < 4.78 is 0. The molecule has 0 aromatic carbocycles. The summed E-state index contributed by atoms with van der Waals surface area (Å²) in [4.78, 5) is 4.00. The molecular weight excluding hydrogens is 258 g/mol. The number of nitrogens with one attached hydrogen (secondary N) is 1. The molecule has 84 valence electrons. The van der Waals surface area contributed by atoms with Gasteiger partial charge in [0.1, 0.15) is 11.0 Å². The first-order valence-corrected chi connectivity index (χ1v) is 5.57. The summed E-state index contributed by atoms with van der Waals surface area (Å²) in [6.07, 6.45) is 0.609. The summed E-state index contributed by atoms with van der Waals surface area (Å²) >= 11 is 17.4. The standard InChI is InChI=1S/C9H11Cl3N2O/c1-5(2-3-15)13-9-7(11)4-6(10)8(12)14-9/h4-5,15H,2-3H2,1H3,(H,13,14). The Morgan fingerprint density at radius 2 is 2.07 bits per heavy atom. The van der Waals surface area contributed by atoms with E-state index in [1.165, 1.54) is 6.07 Å². The number of nitrogens with zero attached hydrogens (tertiary/aromatic N) is 1. The zero-order valence-corrected chi connectivity index (χ0v) is 10.4. The van der Waals surface area contributed by atoms with Gasteiger partial charge in [-0.25, -0.2) is 4.98 Å². The van der Waals surface area contributed by atoms with Crippen molar-refractivity contribution in [1.29, 1.82) is 0 Å². The van der Waals surface area contributed by atoms with E-state index in [9.17, 15) is 0 Å². The highest BCUT2D eigenvalue weighted by Gasteiger charge is 2.09. The predicted molar refractivity (Wildman–Crippen MR) is 64.1 cm³/mol. The first kappa shape index (κ1) is 12.8. The number of halogens is 3. The minimum Gasteiger partial charge on any atom is -0.396 e. The molecule has 0 aliphatic rings. The van der Waals surface area contributed by atoms with Gasteiger partial charge in [0.05, 0.1) is 10.0 Å². The Morgan fingerprint density at radius 1 is 1.40 bits per heavy atom. The van der Waals surface area contributed by atoms with E-state index >= 15 is 0 Å². The number of anilines is 1. The zero-order chi connectivity index (χ0) is 11.4. The van der Waals surface area contributed by atoms with Crippen LogP contribution in [0.1, 0.15) is 13.3 Å². The fourth-order valence-electron chi connectivity index (χ4n) is 1.04. The minimum absolute atomic E-state index is 0.0669. The third kappa shape index (κ3) is 3.68. The predicted octanol–water partition coefficient (Wildman–Crippen LogP) is 3.22. The lowest BCUT2D eigenvalue weighted by Gasteiger charge is -2.14. The Kier molecular flexibility index (Phi) is 4.93. The van der Waals surface area contributed by atoms with Crippen LogP contribution >= 0.6 is 34.8 Å². The molecule has 0 radical (unpaired) electrons. The summed E-state index contributed by atoms with van der Waals surface area (Å²) in [6, 6.07) is 1.60. The van der Waals surface area contributed by atoms with Gasteiger partial charge < -0.3 is 10.4 Å². The van der Waals surface area contributed by atoms with Crippen LogP contribution in [0, 0.1) is 0 Å². The van der Waals surface area contributed by atoms with Crippen LogP contribution in [0.3, 0.4) is 0 Å². The van der Waals surface area contributed by atoms with Gasteiger partial charge in [-0.2, -0.15) is 0 Å². The molecule has 6 heteroatoms. The number of aromatic nitrogens is 1. The first-order chi connectivity index (χ1) is 7.04. The van der Waals surface area contributed by atoms with Crippen molar-refractivity contribution in [3.05, 3.63) is 21.3 Å². The second kappa shape index (κ2) is 5.75. The maximum absolute atomic E-state index is 8.74. The van der Waals surface area contributed by atoms with E-state index in [0.29, 0.717) is 22.3 Å². The molecule has 2 N–H and O–H groups in total. The van der Waals surface area contributed by atoms with Gasteiger partial charge in [-0.3, -0.25) is 0 Å². The molecule has 1 rings (SSSR count). The summed E-state index contributed by atoms with van der Waals surface area (Å²) in [5, 5.41) is 12.7. The molecule has 3 nitrogen and oxygen atoms in total. The fourth-order valence-corrected chi connectivity index (χ4v) is 1.60. The number of aliphatic hydroxyl groups excluding tert-OH is 1. The normalized spacial score (nSPS) is 12.6. The van der Waals surface area contributed by atoms with E-state index in [4.69, 9.17) is 39.9 Å². The number of rotatable bonds is 4. The molecule has 0 aliphatic carbocycles. The van der Waals surface area contributed by atoms with E-state index < -0.39 is 0 Å². The zero-order valence-electron chi connectivity index (χ0n) is 8.10. The van der Waals surface area contributed by atoms with Gasteiger partial charge in [0, 0.05) is 12.6 Å². The van der Waals surface area contributed by atoms with Crippen LogP contribution in [-0.2, 0) is 0 Å². The molecule has 1 aromatic heterocycles. The summed E-state index contributed by atoms with van der Waals surface area (Å²) in [5.74, 6) is 0.479. The summed E-state index contributed by atoms with van der Waals surface area (Å²) in [6.45, 7) is 2.02. The molecule has 0 amide bonds. The third-order valence-corrected chi connectivity index (χ3v) is 2.79. The Hall–Kier alpha value is -0.220. The molecule has 0 aliphatic heterocycles. The molecule has 0 spiro atoms. The lowest BCUT2D eigenvalue weighted by molar-refractivity contribution is 0.282. The van der Waals surface area contributed by atoms with Crippen molar-refractivity contribution in [2.24, 2.45) is 0 Å². The monoisotopic (exact) mass is 268 g/mol. The topological polar surface area (TPSA) is 45.1 Å². The fraction of sp³-hybridized carbons (Fsp3) is 0.444. The lowest BCUT2D eigenvalue weighted by atomic mass is 10.2. The van der Waals surface area contributed by atoms with Crippen LogP contribution in [-0.4, -0.2) is 22.7 Å². The molecule has 1 heterocycles. The highest BCUT2D eigenvalue weighted by atomic mass is 35.5. The van der Waals surface area contributed by atoms with Gasteiger partial charge in [0.15, 0.2) is 0 Å². The number of aliphatic hydroxyl groups is 1. The summed E-state index contributed by atoms with van der Waals surface area (Å²) in [5.41, 5.74) is 0. The van der Waals surface area contributed by atoms with Gasteiger partial charge >= 0.3 is 0 Å². The van der Waals surface area contributed by atoms with Crippen LogP contribution in [0.5, 0.6) is 0 Å². The average Bonchev–Trinajstić information content (AvgIpc) is 2.14. The van der Waals surface area contributed by atoms with E-state index in [1.54, 1.807) is 0 Å². The largest absolute Gasteiger partial charge is 0.396 e. The summed E-state index contributed by atoms with van der Waals surface area (Å²) in [7, 11) is 0.